The van der Waals surface area contributed by atoms with E-state index in [1.807, 2.05) is 24.0 Å². The van der Waals surface area contributed by atoms with E-state index in [0.717, 1.165) is 19.3 Å². The standard InChI is InChI=1S/C17H25N3O3S/c1-13(17(21)18-2)19-8-10-20(11-9-19)24(22,23)16-7-6-14-4-3-5-15(14)12-16/h6-7,12-13H,3-5,8-11H2,1-2H3,(H,18,21)/t13-/m0/s1. The lowest BCUT2D eigenvalue weighted by atomic mass is 10.1. The average Bonchev–Trinajstić information content (AvgIpc) is 3.08. The van der Waals surface area contributed by atoms with Crippen LogP contribution in [0.2, 0.25) is 0 Å². The summed E-state index contributed by atoms with van der Waals surface area (Å²) < 4.78 is 27.3. The van der Waals surface area contributed by atoms with Crippen molar-refractivity contribution in [1.82, 2.24) is 14.5 Å². The molecule has 1 heterocycles. The summed E-state index contributed by atoms with van der Waals surface area (Å²) in [5.41, 5.74) is 2.45. The van der Waals surface area contributed by atoms with Crippen LogP contribution in [0.4, 0.5) is 0 Å². The van der Waals surface area contributed by atoms with Gasteiger partial charge in [-0.05, 0) is 49.4 Å². The average molecular weight is 351 g/mol. The largest absolute Gasteiger partial charge is 0.358 e. The monoisotopic (exact) mass is 351 g/mol. The number of piperazine rings is 1. The number of fused-ring (bicyclic) bond motifs is 1. The van der Waals surface area contributed by atoms with Crippen LogP contribution in [0.5, 0.6) is 0 Å². The summed E-state index contributed by atoms with van der Waals surface area (Å²) in [7, 11) is -1.83. The number of hydrogen-bond donors (Lipinski definition) is 1. The van der Waals surface area contributed by atoms with Gasteiger partial charge in [0.1, 0.15) is 0 Å². The number of likely N-dealkylation sites (N-methyl/N-ethyl adjacent to an activating group) is 1. The molecule has 24 heavy (non-hydrogen) atoms. The Balaban J connectivity index is 1.70. The van der Waals surface area contributed by atoms with Crippen LogP contribution in [0.1, 0.15) is 24.5 Å². The van der Waals surface area contributed by atoms with Crippen molar-refractivity contribution in [3.63, 3.8) is 0 Å². The van der Waals surface area contributed by atoms with Crippen molar-refractivity contribution in [2.45, 2.75) is 37.1 Å². The summed E-state index contributed by atoms with van der Waals surface area (Å²) in [6.07, 6.45) is 3.12. The second-order valence-electron chi connectivity index (χ2n) is 6.51. The highest BCUT2D eigenvalue weighted by molar-refractivity contribution is 7.89. The molecule has 1 aromatic rings. The van der Waals surface area contributed by atoms with Crippen LogP contribution in [-0.4, -0.2) is 62.8 Å². The zero-order valence-corrected chi connectivity index (χ0v) is 15.1. The van der Waals surface area contributed by atoms with E-state index in [4.69, 9.17) is 0 Å². The van der Waals surface area contributed by atoms with Gasteiger partial charge in [0, 0.05) is 33.2 Å². The van der Waals surface area contributed by atoms with Crippen LogP contribution in [-0.2, 0) is 27.7 Å². The molecule has 1 saturated heterocycles. The molecule has 0 aromatic heterocycles. The Bertz CT molecular complexity index is 725. The Morgan fingerprint density at radius 3 is 2.46 bits per heavy atom. The van der Waals surface area contributed by atoms with Gasteiger partial charge in [0.05, 0.1) is 10.9 Å². The molecule has 6 nitrogen and oxygen atoms in total. The molecule has 7 heteroatoms. The van der Waals surface area contributed by atoms with Gasteiger partial charge < -0.3 is 5.32 Å². The molecule has 132 valence electrons. The maximum atomic E-state index is 12.9. The number of carbonyl (C=O) groups is 1. The van der Waals surface area contributed by atoms with Gasteiger partial charge in [-0.1, -0.05) is 6.07 Å². The maximum absolute atomic E-state index is 12.9. The summed E-state index contributed by atoms with van der Waals surface area (Å²) in [4.78, 5) is 14.2. The third-order valence-electron chi connectivity index (χ3n) is 5.15. The van der Waals surface area contributed by atoms with Crippen LogP contribution in [0.15, 0.2) is 23.1 Å². The van der Waals surface area contributed by atoms with E-state index in [0.29, 0.717) is 31.1 Å². The number of hydrogen-bond acceptors (Lipinski definition) is 4. The second kappa shape index (κ2) is 6.82. The quantitative estimate of drug-likeness (QED) is 0.863. The van der Waals surface area contributed by atoms with E-state index in [1.54, 1.807) is 13.1 Å². The third kappa shape index (κ3) is 3.20. The molecule has 0 bridgehead atoms. The van der Waals surface area contributed by atoms with Crippen molar-refractivity contribution >= 4 is 15.9 Å². The van der Waals surface area contributed by atoms with Crippen LogP contribution in [0.3, 0.4) is 0 Å². The number of rotatable bonds is 4. The fourth-order valence-corrected chi connectivity index (χ4v) is 5.04. The van der Waals surface area contributed by atoms with Crippen LogP contribution < -0.4 is 5.32 Å². The Kier molecular flexibility index (Phi) is 4.94. The number of sulfonamides is 1. The lowest BCUT2D eigenvalue weighted by molar-refractivity contribution is -0.125. The smallest absolute Gasteiger partial charge is 0.243 e. The summed E-state index contributed by atoms with van der Waals surface area (Å²) in [6.45, 7) is 3.82. The van der Waals surface area contributed by atoms with Crippen LogP contribution >= 0.6 is 0 Å². The minimum Gasteiger partial charge on any atom is -0.358 e. The molecule has 0 saturated carbocycles. The molecule has 1 N–H and O–H groups in total. The van der Waals surface area contributed by atoms with E-state index in [1.165, 1.54) is 15.4 Å². The highest BCUT2D eigenvalue weighted by atomic mass is 32.2. The van der Waals surface area contributed by atoms with E-state index in [2.05, 4.69) is 5.32 Å². The molecule has 1 aromatic carbocycles. The minimum atomic E-state index is -3.45. The van der Waals surface area contributed by atoms with Crippen molar-refractivity contribution in [3.8, 4) is 0 Å². The lowest BCUT2D eigenvalue weighted by Gasteiger charge is -2.36. The molecule has 0 unspecified atom stereocenters. The van der Waals surface area contributed by atoms with Crippen molar-refractivity contribution in [2.75, 3.05) is 33.2 Å². The summed E-state index contributed by atoms with van der Waals surface area (Å²) in [6, 6.07) is 5.30. The van der Waals surface area contributed by atoms with Gasteiger partial charge in [0.15, 0.2) is 0 Å². The summed E-state index contributed by atoms with van der Waals surface area (Å²) in [5, 5.41) is 2.64. The van der Waals surface area contributed by atoms with Crippen molar-refractivity contribution in [1.29, 1.82) is 0 Å². The SMILES string of the molecule is CNC(=O)[C@H](C)N1CCN(S(=O)(=O)c2ccc3c(c2)CCC3)CC1. The van der Waals surface area contributed by atoms with Crippen molar-refractivity contribution < 1.29 is 13.2 Å². The molecule has 1 atom stereocenters. The maximum Gasteiger partial charge on any atom is 0.243 e. The first kappa shape index (κ1) is 17.4. The third-order valence-corrected chi connectivity index (χ3v) is 7.05. The zero-order chi connectivity index (χ0) is 17.3. The van der Waals surface area contributed by atoms with Gasteiger partial charge >= 0.3 is 0 Å². The zero-order valence-electron chi connectivity index (χ0n) is 14.3. The van der Waals surface area contributed by atoms with Gasteiger partial charge in [-0.2, -0.15) is 4.31 Å². The predicted molar refractivity (Wildman–Crippen MR) is 92.3 cm³/mol. The fourth-order valence-electron chi connectivity index (χ4n) is 3.56. The molecular weight excluding hydrogens is 326 g/mol. The first-order valence-corrected chi connectivity index (χ1v) is 9.95. The number of nitrogens with one attached hydrogen (secondary N) is 1. The lowest BCUT2D eigenvalue weighted by Crippen LogP contribution is -2.54. The van der Waals surface area contributed by atoms with E-state index >= 15 is 0 Å². The first-order valence-electron chi connectivity index (χ1n) is 8.51. The van der Waals surface area contributed by atoms with Gasteiger partial charge in [-0.15, -0.1) is 0 Å². The highest BCUT2D eigenvalue weighted by Gasteiger charge is 2.32. The fraction of sp³-hybridized carbons (Fsp3) is 0.588. The Labute approximate surface area is 143 Å². The molecular formula is C17H25N3O3S. The molecule has 0 spiro atoms. The molecule has 1 amide bonds. The Morgan fingerprint density at radius 1 is 1.12 bits per heavy atom. The molecule has 0 radical (unpaired) electrons. The van der Waals surface area contributed by atoms with Gasteiger partial charge in [-0.25, -0.2) is 8.42 Å². The number of benzene rings is 1. The van der Waals surface area contributed by atoms with Gasteiger partial charge in [-0.3, -0.25) is 9.69 Å². The minimum absolute atomic E-state index is 0.0371. The summed E-state index contributed by atoms with van der Waals surface area (Å²) in [5.74, 6) is -0.0371. The summed E-state index contributed by atoms with van der Waals surface area (Å²) >= 11 is 0. The van der Waals surface area contributed by atoms with E-state index in [9.17, 15) is 13.2 Å². The van der Waals surface area contributed by atoms with Crippen LogP contribution in [0, 0.1) is 0 Å². The van der Waals surface area contributed by atoms with Gasteiger partial charge in [0.2, 0.25) is 15.9 Å². The Morgan fingerprint density at radius 2 is 1.79 bits per heavy atom. The molecule has 1 fully saturated rings. The Hall–Kier alpha value is -1.44. The second-order valence-corrected chi connectivity index (χ2v) is 8.45. The van der Waals surface area contributed by atoms with E-state index in [-0.39, 0.29) is 11.9 Å². The molecule has 1 aliphatic carbocycles. The number of nitrogens with zero attached hydrogens (tertiary/aromatic N) is 2. The number of amides is 1. The number of carbonyl (C=O) groups excluding carboxylic acids is 1. The first-order chi connectivity index (χ1) is 11.4. The van der Waals surface area contributed by atoms with Crippen molar-refractivity contribution in [3.05, 3.63) is 29.3 Å². The van der Waals surface area contributed by atoms with Gasteiger partial charge in [0.25, 0.3) is 0 Å². The highest BCUT2D eigenvalue weighted by Crippen LogP contribution is 2.26. The topological polar surface area (TPSA) is 69.7 Å². The molecule has 1 aliphatic heterocycles. The molecule has 2 aliphatic rings. The van der Waals surface area contributed by atoms with E-state index < -0.39 is 10.0 Å². The molecule has 3 rings (SSSR count). The number of aryl methyl sites for hydroxylation is 2. The normalized spacial score (nSPS) is 20.6. The van der Waals surface area contributed by atoms with Crippen LogP contribution in [0.25, 0.3) is 0 Å². The predicted octanol–water partition coefficient (Wildman–Crippen LogP) is 0.616. The van der Waals surface area contributed by atoms with Crippen molar-refractivity contribution in [2.24, 2.45) is 0 Å².